The van der Waals surface area contributed by atoms with Crippen LogP contribution >= 0.6 is 0 Å². The number of nitrogens with one attached hydrogen (secondary N) is 5. The lowest BCUT2D eigenvalue weighted by molar-refractivity contribution is -0.122. The average molecular weight is 1100 g/mol. The summed E-state index contributed by atoms with van der Waals surface area (Å²) in [5.74, 6) is 0.491. The van der Waals surface area contributed by atoms with Gasteiger partial charge in [0, 0.05) is 78.0 Å². The van der Waals surface area contributed by atoms with Crippen molar-refractivity contribution < 1.29 is 19.2 Å². The van der Waals surface area contributed by atoms with Gasteiger partial charge in [-0.2, -0.15) is 0 Å². The molecule has 0 rings (SSSR count). The third kappa shape index (κ3) is 59.9. The van der Waals surface area contributed by atoms with E-state index in [0.717, 1.165) is 104 Å². The van der Waals surface area contributed by atoms with Crippen molar-refractivity contribution in [3.05, 3.63) is 0 Å². The van der Waals surface area contributed by atoms with Gasteiger partial charge in [0.1, 0.15) is 0 Å². The van der Waals surface area contributed by atoms with Crippen LogP contribution in [0.25, 0.3) is 0 Å². The van der Waals surface area contributed by atoms with E-state index in [1.54, 1.807) is 0 Å². The summed E-state index contributed by atoms with van der Waals surface area (Å²) in [4.78, 5) is 56.4. The van der Waals surface area contributed by atoms with Gasteiger partial charge in [0.15, 0.2) is 0 Å². The van der Waals surface area contributed by atoms with Gasteiger partial charge in [0.25, 0.3) is 0 Å². The van der Waals surface area contributed by atoms with Crippen molar-refractivity contribution in [1.29, 1.82) is 0 Å². The first-order valence-corrected chi connectivity index (χ1v) is 34.6. The monoisotopic (exact) mass is 1100 g/mol. The van der Waals surface area contributed by atoms with Gasteiger partial charge in [-0.05, 0) is 71.1 Å². The van der Waals surface area contributed by atoms with Gasteiger partial charge < -0.3 is 36.4 Å². The van der Waals surface area contributed by atoms with Crippen LogP contribution < -0.4 is 26.6 Å². The van der Waals surface area contributed by atoms with Crippen LogP contribution in [-0.4, -0.2) is 112 Å². The van der Waals surface area contributed by atoms with Gasteiger partial charge in [-0.1, -0.05) is 259 Å². The van der Waals surface area contributed by atoms with Gasteiger partial charge in [-0.3, -0.25) is 19.2 Å². The van der Waals surface area contributed by atoms with E-state index in [0.29, 0.717) is 45.3 Å². The van der Waals surface area contributed by atoms with Crippen molar-refractivity contribution in [1.82, 2.24) is 36.4 Å². The summed E-state index contributed by atoms with van der Waals surface area (Å²) in [6.07, 6.45) is 56.3. The Balaban J connectivity index is 5.07. The highest BCUT2D eigenvalue weighted by Crippen LogP contribution is 2.14. The molecule has 0 unspecified atom stereocenters. The number of carbonyl (C=O) groups is 4. The van der Waals surface area contributed by atoms with E-state index in [1.165, 1.54) is 231 Å². The number of nitrogens with zero attached hydrogens (tertiary/aromatic N) is 2. The normalized spacial score (nSPS) is 11.5. The molecule has 4 amide bonds. The molecule has 11 nitrogen and oxygen atoms in total. The van der Waals surface area contributed by atoms with Gasteiger partial charge in [0.2, 0.25) is 23.6 Å². The fourth-order valence-corrected chi connectivity index (χ4v) is 10.6. The van der Waals surface area contributed by atoms with Crippen LogP contribution in [0.15, 0.2) is 0 Å². The lowest BCUT2D eigenvalue weighted by Gasteiger charge is -2.25. The summed E-state index contributed by atoms with van der Waals surface area (Å²) in [6, 6.07) is 0. The Morgan fingerprint density at radius 1 is 0.218 bits per heavy atom. The Kier molecular flexibility index (Phi) is 62.1. The van der Waals surface area contributed by atoms with Gasteiger partial charge in [-0.15, -0.1) is 0 Å². The lowest BCUT2D eigenvalue weighted by Crippen LogP contribution is -2.36. The second kappa shape index (κ2) is 63.9. The van der Waals surface area contributed by atoms with Crippen LogP contribution in [0.1, 0.15) is 329 Å². The van der Waals surface area contributed by atoms with E-state index in [2.05, 4.69) is 64.1 Å². The first-order chi connectivity index (χ1) is 38.4. The maximum absolute atomic E-state index is 13.0. The summed E-state index contributed by atoms with van der Waals surface area (Å²) in [5, 5.41) is 16.2. The van der Waals surface area contributed by atoms with Crippen LogP contribution in [0.5, 0.6) is 0 Å². The molecule has 0 spiro atoms. The molecule has 0 aliphatic heterocycles. The minimum Gasteiger partial charge on any atom is -0.356 e. The largest absolute Gasteiger partial charge is 0.356 e. The summed E-state index contributed by atoms with van der Waals surface area (Å²) in [6.45, 7) is 18.3. The summed E-state index contributed by atoms with van der Waals surface area (Å²) < 4.78 is 0. The maximum atomic E-state index is 13.0. The molecule has 0 aliphatic rings. The van der Waals surface area contributed by atoms with Gasteiger partial charge in [-0.25, -0.2) is 0 Å². The fourth-order valence-electron chi connectivity index (χ4n) is 10.6. The molecule has 0 fully saturated rings. The highest BCUT2D eigenvalue weighted by Gasteiger charge is 2.13. The highest BCUT2D eigenvalue weighted by molar-refractivity contribution is 5.77. The first kappa shape index (κ1) is 75.8. The van der Waals surface area contributed by atoms with Crippen LogP contribution in [0.3, 0.4) is 0 Å². The predicted molar refractivity (Wildman–Crippen MR) is 337 cm³/mol. The van der Waals surface area contributed by atoms with E-state index in [-0.39, 0.29) is 23.6 Å². The Bertz CT molecular complexity index is 1230. The molecule has 0 aromatic heterocycles. The van der Waals surface area contributed by atoms with Crippen LogP contribution in [-0.2, 0) is 19.2 Å². The summed E-state index contributed by atoms with van der Waals surface area (Å²) >= 11 is 0. The minimum atomic E-state index is 0.109. The second-order valence-corrected chi connectivity index (χ2v) is 23.6. The van der Waals surface area contributed by atoms with Crippen LogP contribution in [0.2, 0.25) is 0 Å². The molecule has 0 heterocycles. The highest BCUT2D eigenvalue weighted by atomic mass is 16.2. The molecule has 0 aromatic rings. The quantitative estimate of drug-likeness (QED) is 0.0383. The average Bonchev–Trinajstić information content (AvgIpc) is 3.44. The molecule has 0 atom stereocenters. The van der Waals surface area contributed by atoms with E-state index < -0.39 is 0 Å². The van der Waals surface area contributed by atoms with E-state index in [9.17, 15) is 19.2 Å². The molecule has 462 valence electrons. The zero-order chi connectivity index (χ0) is 56.7. The molecule has 0 saturated heterocycles. The van der Waals surface area contributed by atoms with Crippen molar-refractivity contribution in [3.8, 4) is 0 Å². The van der Waals surface area contributed by atoms with Crippen molar-refractivity contribution in [3.63, 3.8) is 0 Å². The smallest absolute Gasteiger partial charge is 0.221 e. The molecule has 5 N–H and O–H groups in total. The SMILES string of the molecule is CCCCCCCCCCCCNC(=O)CCNCCCN(CCCCN(CCC(=O)NCCCCCCCCCCCC)CCC(=O)NCCCCCCCCCCCC)CCC(=O)NCCCCCCCCCCCC. The zero-order valence-corrected chi connectivity index (χ0v) is 52.7. The number of amides is 4. The third-order valence-electron chi connectivity index (χ3n) is 15.9. The number of unbranched alkanes of at least 4 members (excludes halogenated alkanes) is 37. The first-order valence-electron chi connectivity index (χ1n) is 34.6. The topological polar surface area (TPSA) is 135 Å². The Hall–Kier alpha value is -2.24. The Morgan fingerprint density at radius 2 is 0.436 bits per heavy atom. The third-order valence-corrected chi connectivity index (χ3v) is 15.9. The standard InChI is InChI=1S/C67H135N7O4/c1-5-9-13-17-21-25-29-33-37-41-53-69-64(75)48-57-68-52-47-60-73(61-49-65(76)70-54-42-38-34-30-26-22-18-14-10-6-2)58-45-46-59-74(62-50-66(77)71-55-43-39-35-31-27-23-19-15-11-7-3)63-51-67(78)72-56-44-40-36-32-28-24-20-16-12-8-4/h68H,5-63H2,1-4H3,(H,69,75)(H,70,76)(H,71,77)(H,72,78). The predicted octanol–water partition coefficient (Wildman–Crippen LogP) is 16.1. The van der Waals surface area contributed by atoms with E-state index in [4.69, 9.17) is 0 Å². The number of carbonyl (C=O) groups excluding carboxylic acids is 4. The lowest BCUT2D eigenvalue weighted by atomic mass is 10.1. The molecule has 0 aliphatic carbocycles. The van der Waals surface area contributed by atoms with Crippen LogP contribution in [0, 0.1) is 0 Å². The molecule has 0 radical (unpaired) electrons. The van der Waals surface area contributed by atoms with E-state index >= 15 is 0 Å². The van der Waals surface area contributed by atoms with Gasteiger partial charge >= 0.3 is 0 Å². The molecule has 0 saturated carbocycles. The van der Waals surface area contributed by atoms with Gasteiger partial charge in [0.05, 0.1) is 0 Å². The Labute approximate surface area is 485 Å². The van der Waals surface area contributed by atoms with Crippen molar-refractivity contribution in [2.24, 2.45) is 0 Å². The van der Waals surface area contributed by atoms with E-state index in [1.807, 2.05) is 0 Å². The maximum Gasteiger partial charge on any atom is 0.221 e. The fraction of sp³-hybridized carbons (Fsp3) is 0.940. The summed E-state index contributed by atoms with van der Waals surface area (Å²) in [7, 11) is 0. The zero-order valence-electron chi connectivity index (χ0n) is 52.7. The number of rotatable bonds is 65. The molecular weight excluding hydrogens is 967 g/mol. The Morgan fingerprint density at radius 3 is 0.705 bits per heavy atom. The molecule has 0 bridgehead atoms. The number of hydrogen-bond donors (Lipinski definition) is 5. The summed E-state index contributed by atoms with van der Waals surface area (Å²) in [5.41, 5.74) is 0. The molecule has 78 heavy (non-hydrogen) atoms. The van der Waals surface area contributed by atoms with Crippen LogP contribution in [0.4, 0.5) is 0 Å². The van der Waals surface area contributed by atoms with Crippen molar-refractivity contribution in [2.45, 2.75) is 329 Å². The second-order valence-electron chi connectivity index (χ2n) is 23.6. The minimum absolute atomic E-state index is 0.109. The molecule has 11 heteroatoms. The van der Waals surface area contributed by atoms with Crippen molar-refractivity contribution >= 4 is 23.6 Å². The molecule has 0 aromatic carbocycles. The van der Waals surface area contributed by atoms with Crippen molar-refractivity contribution in [2.75, 3.05) is 78.5 Å². The number of hydrogen-bond acceptors (Lipinski definition) is 7. The molecular formula is C67H135N7O4.